The van der Waals surface area contributed by atoms with Crippen molar-refractivity contribution in [2.75, 3.05) is 13.7 Å². The lowest BCUT2D eigenvalue weighted by Gasteiger charge is -2.73. The zero-order valence-corrected chi connectivity index (χ0v) is 25.5. The Bertz CT molecular complexity index is 1170. The minimum Gasteiger partial charge on any atom is -0.380 e. The number of ether oxygens (including phenoxy) is 1. The summed E-state index contributed by atoms with van der Waals surface area (Å²) in [6, 6.07) is 16.1. The summed E-state index contributed by atoms with van der Waals surface area (Å²) >= 11 is 0. The summed E-state index contributed by atoms with van der Waals surface area (Å²) in [5.41, 5.74) is 1.94. The Balaban J connectivity index is 1.08. The van der Waals surface area contributed by atoms with Crippen molar-refractivity contribution in [3.63, 3.8) is 0 Å². The van der Waals surface area contributed by atoms with Gasteiger partial charge >= 0.3 is 0 Å². The summed E-state index contributed by atoms with van der Waals surface area (Å²) < 4.78 is 6.51. The van der Waals surface area contributed by atoms with Gasteiger partial charge in [-0.2, -0.15) is 0 Å². The maximum atomic E-state index is 6.51. The third kappa shape index (κ3) is 3.49. The Morgan fingerprint density at radius 2 is 1.68 bits per heavy atom. The van der Waals surface area contributed by atoms with Gasteiger partial charge in [-0.3, -0.25) is 9.80 Å². The van der Waals surface area contributed by atoms with Gasteiger partial charge in [0.15, 0.2) is 0 Å². The van der Waals surface area contributed by atoms with Crippen LogP contribution in [0.4, 0.5) is 0 Å². The smallest absolute Gasteiger partial charge is 0.0758 e. The number of fused-ring (bicyclic) bond motifs is 2. The van der Waals surface area contributed by atoms with Gasteiger partial charge in [0.05, 0.1) is 6.10 Å². The molecule has 222 valence electrons. The molecule has 13 rings (SSSR count). The fourth-order valence-electron chi connectivity index (χ4n) is 14.6. The minimum absolute atomic E-state index is 0.356. The third-order valence-electron chi connectivity index (χ3n) is 15.5. The normalized spacial score (nSPS) is 56.6. The van der Waals surface area contributed by atoms with Crippen LogP contribution in [0.1, 0.15) is 83.1 Å². The number of hydrogen-bond donors (Lipinski definition) is 1. The lowest BCUT2D eigenvalue weighted by molar-refractivity contribution is -0.245. The Hall–Kier alpha value is -0.940. The molecule has 0 radical (unpaired) electrons. The molecular weight excluding hydrogens is 502 g/mol. The highest BCUT2D eigenvalue weighted by atomic mass is 16.5. The fourth-order valence-corrected chi connectivity index (χ4v) is 14.6. The molecule has 6 saturated heterocycles. The molecule has 12 fully saturated rings. The van der Waals surface area contributed by atoms with Crippen molar-refractivity contribution in [3.8, 4) is 0 Å². The molecule has 0 spiro atoms. The molecule has 16 atom stereocenters. The van der Waals surface area contributed by atoms with Crippen LogP contribution in [0.5, 0.6) is 0 Å². The first-order chi connectivity index (χ1) is 20.1. The average Bonchev–Trinajstić information content (AvgIpc) is 3.18. The number of methoxy groups -OCH3 is 1. The van der Waals surface area contributed by atoms with Crippen LogP contribution in [0.15, 0.2) is 30.3 Å². The Kier molecular flexibility index (Phi) is 5.61. The molecule has 1 N–H and O–H groups in total. The molecule has 12 aliphatic rings. The molecule has 1 aromatic carbocycles. The number of rotatable bonds is 5. The van der Waals surface area contributed by atoms with E-state index in [0.29, 0.717) is 29.8 Å². The average molecular weight is 556 g/mol. The SMILES string of the molecule is COC1C2CC3CC(CC1N3C13CC4CNC(CC(C4)C1)C3N1C3CC4CC(C3)C(Cc3ccccc3)C1C4)C2C. The van der Waals surface area contributed by atoms with Gasteiger partial charge in [0, 0.05) is 48.9 Å². The van der Waals surface area contributed by atoms with Crippen molar-refractivity contribution in [3.05, 3.63) is 35.9 Å². The van der Waals surface area contributed by atoms with Crippen LogP contribution in [-0.2, 0) is 11.2 Å². The highest BCUT2D eigenvalue weighted by Crippen LogP contribution is 2.63. The van der Waals surface area contributed by atoms with Gasteiger partial charge in [-0.1, -0.05) is 37.3 Å². The van der Waals surface area contributed by atoms with E-state index in [1.807, 2.05) is 0 Å². The predicted molar refractivity (Wildman–Crippen MR) is 162 cm³/mol. The second-order valence-electron chi connectivity index (χ2n) is 17.1. The van der Waals surface area contributed by atoms with Gasteiger partial charge in [0.1, 0.15) is 0 Å². The van der Waals surface area contributed by atoms with E-state index in [2.05, 4.69) is 59.5 Å². The molecule has 0 aromatic heterocycles. The Morgan fingerprint density at radius 3 is 2.56 bits per heavy atom. The van der Waals surface area contributed by atoms with Gasteiger partial charge in [-0.15, -0.1) is 0 Å². The second-order valence-corrected chi connectivity index (χ2v) is 17.1. The lowest BCUT2D eigenvalue weighted by Crippen LogP contribution is -2.82. The van der Waals surface area contributed by atoms with Crippen molar-refractivity contribution < 1.29 is 4.74 Å². The van der Waals surface area contributed by atoms with Crippen molar-refractivity contribution in [2.24, 2.45) is 47.3 Å². The molecule has 6 saturated carbocycles. The van der Waals surface area contributed by atoms with Crippen molar-refractivity contribution in [1.29, 1.82) is 0 Å². The van der Waals surface area contributed by atoms with Crippen molar-refractivity contribution >= 4 is 0 Å². The highest BCUT2D eigenvalue weighted by molar-refractivity contribution is 5.25. The predicted octanol–water partition coefficient (Wildman–Crippen LogP) is 5.75. The molecule has 4 nitrogen and oxygen atoms in total. The number of hydrogen-bond acceptors (Lipinski definition) is 4. The van der Waals surface area contributed by atoms with Crippen LogP contribution in [0.2, 0.25) is 0 Å². The number of nitrogens with one attached hydrogen (secondary N) is 1. The highest BCUT2D eigenvalue weighted by Gasteiger charge is 2.68. The summed E-state index contributed by atoms with van der Waals surface area (Å²) in [6.07, 6.45) is 17.9. The van der Waals surface area contributed by atoms with Gasteiger partial charge in [-0.05, 0) is 137 Å². The van der Waals surface area contributed by atoms with Crippen LogP contribution >= 0.6 is 0 Å². The van der Waals surface area contributed by atoms with E-state index in [0.717, 1.165) is 65.5 Å². The molecule has 6 aliphatic carbocycles. The molecular formula is C37H53N3O. The van der Waals surface area contributed by atoms with E-state index in [1.54, 1.807) is 5.56 Å². The van der Waals surface area contributed by atoms with Crippen LogP contribution in [0.3, 0.4) is 0 Å². The van der Waals surface area contributed by atoms with E-state index < -0.39 is 0 Å². The number of piperidine rings is 4. The zero-order valence-electron chi connectivity index (χ0n) is 25.5. The van der Waals surface area contributed by atoms with E-state index in [9.17, 15) is 0 Å². The van der Waals surface area contributed by atoms with Crippen LogP contribution in [0, 0.1) is 47.3 Å². The summed E-state index contributed by atoms with van der Waals surface area (Å²) in [5, 5.41) is 4.31. The molecule has 0 amide bonds. The maximum Gasteiger partial charge on any atom is 0.0758 e. The first kappa shape index (κ1) is 25.4. The summed E-state index contributed by atoms with van der Waals surface area (Å²) in [7, 11) is 2.05. The molecule has 4 heteroatoms. The Morgan fingerprint density at radius 1 is 0.829 bits per heavy atom. The van der Waals surface area contributed by atoms with Crippen molar-refractivity contribution in [2.45, 2.75) is 132 Å². The summed E-state index contributed by atoms with van der Waals surface area (Å²) in [6.45, 7) is 3.85. The van der Waals surface area contributed by atoms with E-state index >= 15 is 0 Å². The molecule has 41 heavy (non-hydrogen) atoms. The zero-order chi connectivity index (χ0) is 27.0. The summed E-state index contributed by atoms with van der Waals surface area (Å²) in [5.74, 6) is 7.20. The first-order valence-corrected chi connectivity index (χ1v) is 18.0. The van der Waals surface area contributed by atoms with Crippen LogP contribution < -0.4 is 5.32 Å². The molecule has 16 unspecified atom stereocenters. The van der Waals surface area contributed by atoms with Gasteiger partial charge < -0.3 is 10.1 Å². The molecule has 6 aliphatic heterocycles. The molecule has 12 bridgehead atoms. The van der Waals surface area contributed by atoms with Gasteiger partial charge in [-0.25, -0.2) is 0 Å². The topological polar surface area (TPSA) is 27.7 Å². The largest absolute Gasteiger partial charge is 0.380 e. The quantitative estimate of drug-likeness (QED) is 0.501. The van der Waals surface area contributed by atoms with Crippen LogP contribution in [-0.4, -0.2) is 71.3 Å². The van der Waals surface area contributed by atoms with Gasteiger partial charge in [0.2, 0.25) is 0 Å². The molecule has 1 aromatic rings. The maximum absolute atomic E-state index is 6.51. The van der Waals surface area contributed by atoms with E-state index in [1.165, 1.54) is 83.6 Å². The minimum atomic E-state index is 0.356. The van der Waals surface area contributed by atoms with E-state index in [4.69, 9.17) is 4.74 Å². The second kappa shape index (κ2) is 9.05. The van der Waals surface area contributed by atoms with Gasteiger partial charge in [0.25, 0.3) is 0 Å². The van der Waals surface area contributed by atoms with E-state index in [-0.39, 0.29) is 0 Å². The monoisotopic (exact) mass is 555 g/mol. The fraction of sp³-hybridized carbons (Fsp3) is 0.838. The third-order valence-corrected chi connectivity index (χ3v) is 15.5. The first-order valence-electron chi connectivity index (χ1n) is 18.0. The lowest BCUT2D eigenvalue weighted by atomic mass is 9.51. The number of nitrogens with zero attached hydrogens (tertiary/aromatic N) is 2. The molecule has 6 heterocycles. The summed E-state index contributed by atoms with van der Waals surface area (Å²) in [4.78, 5) is 6.61. The number of benzene rings is 1. The standard InChI is InChI=1S/C37H53N3O/c1-21-26-14-29-17-30(21)35(41-2)34(16-26)40(29)37-18-24-8-25(19-37)20-38-32(12-24)36(37)39-28-10-23-9-27(15-28)31(33(39)13-23)11-22-6-4-3-5-7-22/h3-7,21,23-36,38H,8-20H2,1-2H3. The Labute approximate surface area is 248 Å². The van der Waals surface area contributed by atoms with Crippen molar-refractivity contribution in [1.82, 2.24) is 15.1 Å². The van der Waals surface area contributed by atoms with Crippen LogP contribution in [0.25, 0.3) is 0 Å².